The number of carbonyl (C=O) groups excluding carboxylic acids is 1. The second-order valence-electron chi connectivity index (χ2n) is 11.7. The largest absolute Gasteiger partial charge is 0.497 e. The van der Waals surface area contributed by atoms with E-state index in [1.54, 1.807) is 7.11 Å². The number of piperidine rings is 1. The number of nitrogens with one attached hydrogen (secondary N) is 1. The molecular weight excluding hydrogens is 446 g/mol. The molecule has 5 nitrogen and oxygen atoms in total. The highest BCUT2D eigenvalue weighted by Crippen LogP contribution is 2.46. The molecule has 5 heteroatoms. The lowest BCUT2D eigenvalue weighted by Crippen LogP contribution is -2.51. The van der Waals surface area contributed by atoms with Gasteiger partial charge in [-0.05, 0) is 73.9 Å². The van der Waals surface area contributed by atoms with E-state index in [-0.39, 0.29) is 5.41 Å². The quantitative estimate of drug-likeness (QED) is 0.587. The third kappa shape index (κ3) is 4.80. The summed E-state index contributed by atoms with van der Waals surface area (Å²) in [6.45, 7) is 5.94. The van der Waals surface area contributed by atoms with E-state index in [4.69, 9.17) is 4.74 Å². The van der Waals surface area contributed by atoms with Crippen molar-refractivity contribution in [2.24, 2.45) is 17.3 Å². The first kappa shape index (κ1) is 24.0. The molecule has 1 amide bonds. The maximum atomic E-state index is 13.6. The second kappa shape index (κ2) is 10.2. The van der Waals surface area contributed by atoms with Gasteiger partial charge in [0.05, 0.1) is 12.5 Å². The van der Waals surface area contributed by atoms with E-state index < -0.39 is 0 Å². The molecular formula is C31H41N3O2. The van der Waals surface area contributed by atoms with Crippen LogP contribution in [0.5, 0.6) is 5.75 Å². The van der Waals surface area contributed by atoms with E-state index in [0.29, 0.717) is 30.3 Å². The average molecular weight is 488 g/mol. The Balaban J connectivity index is 1.12. The van der Waals surface area contributed by atoms with Crippen molar-refractivity contribution in [2.75, 3.05) is 39.8 Å². The molecule has 0 bridgehead atoms. The summed E-state index contributed by atoms with van der Waals surface area (Å²) in [4.78, 5) is 18.5. The van der Waals surface area contributed by atoms with Gasteiger partial charge >= 0.3 is 0 Å². The van der Waals surface area contributed by atoms with Gasteiger partial charge in [0.2, 0.25) is 5.91 Å². The molecule has 1 aliphatic carbocycles. The molecule has 6 rings (SSSR count). The number of hydrogen-bond acceptors (Lipinski definition) is 4. The minimum absolute atomic E-state index is 0.139. The normalized spacial score (nSPS) is 27.0. The van der Waals surface area contributed by atoms with Crippen LogP contribution >= 0.6 is 0 Å². The van der Waals surface area contributed by atoms with Crippen molar-refractivity contribution < 1.29 is 9.53 Å². The Kier molecular flexibility index (Phi) is 6.78. The van der Waals surface area contributed by atoms with Crippen LogP contribution in [0, 0.1) is 17.3 Å². The number of rotatable bonds is 8. The molecule has 1 unspecified atom stereocenters. The van der Waals surface area contributed by atoms with Crippen LogP contribution in [0.3, 0.4) is 0 Å². The van der Waals surface area contributed by atoms with Gasteiger partial charge in [0.1, 0.15) is 5.75 Å². The Morgan fingerprint density at radius 2 is 1.69 bits per heavy atom. The van der Waals surface area contributed by atoms with Crippen LogP contribution in [0.1, 0.15) is 55.6 Å². The van der Waals surface area contributed by atoms with Gasteiger partial charge < -0.3 is 15.0 Å². The number of methoxy groups -OCH3 is 1. The highest BCUT2D eigenvalue weighted by molar-refractivity contribution is 5.85. The highest BCUT2D eigenvalue weighted by Gasteiger charge is 2.50. The zero-order valence-corrected chi connectivity index (χ0v) is 21.7. The lowest BCUT2D eigenvalue weighted by atomic mass is 9.75. The van der Waals surface area contributed by atoms with Crippen LogP contribution in [0.25, 0.3) is 0 Å². The number of likely N-dealkylation sites (tertiary alicyclic amines) is 2. The molecule has 3 heterocycles. The van der Waals surface area contributed by atoms with Crippen LogP contribution in [0.2, 0.25) is 0 Å². The fourth-order valence-electron chi connectivity index (χ4n) is 7.20. The van der Waals surface area contributed by atoms with Crippen molar-refractivity contribution in [1.82, 2.24) is 15.1 Å². The standard InChI is InChI=1S/C31H41N3O2/c1-36-26-11-9-24(10-12-26)22-34-18-15-31(30(34)35)13-16-33(17-14-31)29(19-23-7-8-23)28-21-32-20-27(28)25-5-3-2-4-6-25/h2-6,9-12,23,27-29,32H,7-8,13-22H2,1H3/t27-,28-,29?/m1/s1. The maximum Gasteiger partial charge on any atom is 0.229 e. The van der Waals surface area contributed by atoms with Crippen molar-refractivity contribution in [1.29, 1.82) is 0 Å². The summed E-state index contributed by atoms with van der Waals surface area (Å²) in [6.07, 6.45) is 7.19. The molecule has 2 aromatic carbocycles. The molecule has 36 heavy (non-hydrogen) atoms. The molecule has 1 N–H and O–H groups in total. The van der Waals surface area contributed by atoms with Crippen LogP contribution in [0.4, 0.5) is 0 Å². The molecule has 4 fully saturated rings. The predicted molar refractivity (Wildman–Crippen MR) is 143 cm³/mol. The first-order valence-electron chi connectivity index (χ1n) is 14.1. The number of hydrogen-bond donors (Lipinski definition) is 1. The Labute approximate surface area is 216 Å². The molecule has 3 aliphatic heterocycles. The van der Waals surface area contributed by atoms with Crippen molar-refractivity contribution in [2.45, 2.75) is 57.0 Å². The van der Waals surface area contributed by atoms with Crippen LogP contribution < -0.4 is 10.1 Å². The number of benzene rings is 2. The summed E-state index contributed by atoms with van der Waals surface area (Å²) in [5.74, 6) is 3.42. The van der Waals surface area contributed by atoms with Crippen molar-refractivity contribution in [3.8, 4) is 5.75 Å². The zero-order valence-electron chi connectivity index (χ0n) is 21.7. The Hall–Kier alpha value is -2.37. The Bertz CT molecular complexity index is 1030. The zero-order chi connectivity index (χ0) is 24.5. The predicted octanol–water partition coefficient (Wildman–Crippen LogP) is 4.68. The molecule has 2 aromatic rings. The minimum Gasteiger partial charge on any atom is -0.497 e. The topological polar surface area (TPSA) is 44.8 Å². The van der Waals surface area contributed by atoms with Crippen LogP contribution in [-0.4, -0.2) is 61.6 Å². The molecule has 4 aliphatic rings. The lowest BCUT2D eigenvalue weighted by molar-refractivity contribution is -0.139. The fraction of sp³-hybridized carbons (Fsp3) is 0.581. The first-order valence-corrected chi connectivity index (χ1v) is 14.1. The third-order valence-corrected chi connectivity index (χ3v) is 9.61. The average Bonchev–Trinajstić information content (AvgIpc) is 3.54. The summed E-state index contributed by atoms with van der Waals surface area (Å²) in [6, 6.07) is 19.9. The Morgan fingerprint density at radius 3 is 2.39 bits per heavy atom. The SMILES string of the molecule is COc1ccc(CN2CCC3(CCN(C(CC4CC4)[C@@H]4CNC[C@@H]4c4ccccc4)CC3)C2=O)cc1. The molecule has 3 saturated heterocycles. The summed E-state index contributed by atoms with van der Waals surface area (Å²) in [5, 5.41) is 3.73. The second-order valence-corrected chi connectivity index (χ2v) is 11.7. The van der Waals surface area contributed by atoms with E-state index in [1.165, 1.54) is 30.4 Å². The van der Waals surface area contributed by atoms with E-state index >= 15 is 0 Å². The smallest absolute Gasteiger partial charge is 0.229 e. The van der Waals surface area contributed by atoms with Gasteiger partial charge in [-0.25, -0.2) is 0 Å². The lowest BCUT2D eigenvalue weighted by Gasteiger charge is -2.44. The van der Waals surface area contributed by atoms with E-state index in [9.17, 15) is 4.79 Å². The molecule has 1 spiro atoms. The van der Waals surface area contributed by atoms with Gasteiger partial charge in [-0.15, -0.1) is 0 Å². The van der Waals surface area contributed by atoms with Gasteiger partial charge in [-0.2, -0.15) is 0 Å². The highest BCUT2D eigenvalue weighted by atomic mass is 16.5. The maximum absolute atomic E-state index is 13.6. The molecule has 1 saturated carbocycles. The van der Waals surface area contributed by atoms with Gasteiger partial charge in [-0.3, -0.25) is 9.69 Å². The van der Waals surface area contributed by atoms with Gasteiger partial charge in [0.15, 0.2) is 0 Å². The number of carbonyl (C=O) groups is 1. The van der Waals surface area contributed by atoms with Gasteiger partial charge in [0.25, 0.3) is 0 Å². The van der Waals surface area contributed by atoms with Crippen LogP contribution in [-0.2, 0) is 11.3 Å². The van der Waals surface area contributed by atoms with Gasteiger partial charge in [0, 0.05) is 38.1 Å². The van der Waals surface area contributed by atoms with Crippen molar-refractivity contribution >= 4 is 5.91 Å². The summed E-state index contributed by atoms with van der Waals surface area (Å²) < 4.78 is 5.29. The Morgan fingerprint density at radius 1 is 0.972 bits per heavy atom. The third-order valence-electron chi connectivity index (χ3n) is 9.61. The number of ether oxygens (including phenoxy) is 1. The van der Waals surface area contributed by atoms with E-state index in [1.807, 2.05) is 12.1 Å². The molecule has 192 valence electrons. The van der Waals surface area contributed by atoms with E-state index in [2.05, 4.69) is 57.6 Å². The van der Waals surface area contributed by atoms with Crippen molar-refractivity contribution in [3.05, 3.63) is 65.7 Å². The monoisotopic (exact) mass is 487 g/mol. The first-order chi connectivity index (χ1) is 17.6. The minimum atomic E-state index is -0.139. The number of nitrogens with zero attached hydrogens (tertiary/aromatic N) is 2. The number of amides is 1. The summed E-state index contributed by atoms with van der Waals surface area (Å²) >= 11 is 0. The molecule has 0 aromatic heterocycles. The summed E-state index contributed by atoms with van der Waals surface area (Å²) in [7, 11) is 1.69. The van der Waals surface area contributed by atoms with Gasteiger partial charge in [-0.1, -0.05) is 55.3 Å². The molecule has 3 atom stereocenters. The molecule has 0 radical (unpaired) electrons. The van der Waals surface area contributed by atoms with Crippen LogP contribution in [0.15, 0.2) is 54.6 Å². The van der Waals surface area contributed by atoms with Crippen molar-refractivity contribution in [3.63, 3.8) is 0 Å². The van der Waals surface area contributed by atoms with E-state index in [0.717, 1.165) is 63.7 Å². The summed E-state index contributed by atoms with van der Waals surface area (Å²) in [5.41, 5.74) is 2.53. The fourth-order valence-corrected chi connectivity index (χ4v) is 7.20.